The van der Waals surface area contributed by atoms with E-state index in [1.165, 1.54) is 11.2 Å². The fraction of sp³-hybridized carbons (Fsp3) is 0.250. The van der Waals surface area contributed by atoms with Crippen molar-refractivity contribution < 1.29 is 19.1 Å². The van der Waals surface area contributed by atoms with Crippen LogP contribution < -0.4 is 20.5 Å². The van der Waals surface area contributed by atoms with Gasteiger partial charge in [-0.05, 0) is 37.1 Å². The van der Waals surface area contributed by atoms with E-state index >= 15 is 0 Å². The van der Waals surface area contributed by atoms with Crippen molar-refractivity contribution in [2.45, 2.75) is 20.3 Å². The number of nitrogens with one attached hydrogen (secondary N) is 1. The normalized spacial score (nSPS) is 12.5. The predicted octanol–water partition coefficient (Wildman–Crippen LogP) is 2.78. The first kappa shape index (κ1) is 26.3. The summed E-state index contributed by atoms with van der Waals surface area (Å²) < 4.78 is 6.64. The number of ether oxygens (including phenoxy) is 1. The fourth-order valence-electron chi connectivity index (χ4n) is 4.26. The topological polar surface area (TPSA) is 114 Å². The number of carbonyl (C=O) groups is 3. The zero-order valence-corrected chi connectivity index (χ0v) is 21.6. The van der Waals surface area contributed by atoms with Crippen molar-refractivity contribution >= 4 is 40.0 Å². The Morgan fingerprint density at radius 2 is 1.92 bits per heavy atom. The van der Waals surface area contributed by atoms with Crippen LogP contribution in [0, 0.1) is 0 Å². The van der Waals surface area contributed by atoms with Crippen LogP contribution in [0.2, 0.25) is 0 Å². The lowest BCUT2D eigenvalue weighted by Gasteiger charge is -2.26. The molecule has 10 nitrogen and oxygen atoms in total. The molecule has 0 fully saturated rings. The largest absolute Gasteiger partial charge is 0.482 e. The first-order chi connectivity index (χ1) is 18.2. The van der Waals surface area contributed by atoms with Crippen molar-refractivity contribution in [3.05, 3.63) is 71.9 Å². The van der Waals surface area contributed by atoms with Crippen molar-refractivity contribution in [3.8, 4) is 16.9 Å². The third kappa shape index (κ3) is 4.80. The molecule has 4 rings (SSSR count). The fourth-order valence-corrected chi connectivity index (χ4v) is 4.26. The number of hydrogen-bond acceptors (Lipinski definition) is 6. The molecule has 1 aliphatic heterocycles. The molecular weight excluding hydrogens is 486 g/mol. The molecule has 2 aromatic carbocycles. The Labute approximate surface area is 219 Å². The Morgan fingerprint density at radius 1 is 1.16 bits per heavy atom. The van der Waals surface area contributed by atoms with E-state index in [1.54, 1.807) is 36.2 Å². The highest BCUT2D eigenvalue weighted by Crippen LogP contribution is 2.36. The number of likely N-dealkylation sites (N-methyl/N-ethyl adjacent to an activating group) is 2. The summed E-state index contributed by atoms with van der Waals surface area (Å²) in [6.07, 6.45) is 2.00. The van der Waals surface area contributed by atoms with Crippen LogP contribution in [0.3, 0.4) is 0 Å². The molecule has 0 radical (unpaired) electrons. The predicted molar refractivity (Wildman–Crippen MR) is 146 cm³/mol. The molecule has 1 N–H and O–H groups in total. The Morgan fingerprint density at radius 3 is 2.63 bits per heavy atom. The van der Waals surface area contributed by atoms with Gasteiger partial charge in [-0.15, -0.1) is 0 Å². The Bertz CT molecular complexity index is 1540. The summed E-state index contributed by atoms with van der Waals surface area (Å²) in [6.45, 7) is 12.2. The van der Waals surface area contributed by atoms with Gasteiger partial charge in [-0.25, -0.2) is 4.98 Å². The molecule has 0 saturated carbocycles. The number of aromatic nitrogens is 2. The second kappa shape index (κ2) is 10.7. The Balaban J connectivity index is 1.62. The van der Waals surface area contributed by atoms with Crippen LogP contribution in [-0.2, 0) is 14.4 Å². The van der Waals surface area contributed by atoms with Crippen LogP contribution in [0.15, 0.2) is 66.4 Å². The Hall–Kier alpha value is -4.73. The summed E-state index contributed by atoms with van der Waals surface area (Å²) >= 11 is 0. The summed E-state index contributed by atoms with van der Waals surface area (Å²) in [4.78, 5) is 58.2. The monoisotopic (exact) mass is 515 g/mol. The molecule has 1 aliphatic rings. The van der Waals surface area contributed by atoms with Crippen molar-refractivity contribution in [1.29, 1.82) is 0 Å². The van der Waals surface area contributed by atoms with Crippen molar-refractivity contribution in [2.75, 3.05) is 31.6 Å². The lowest BCUT2D eigenvalue weighted by atomic mass is 10.0. The maximum atomic E-state index is 13.3. The molecule has 1 aromatic heterocycles. The van der Waals surface area contributed by atoms with Crippen LogP contribution in [0.5, 0.6) is 5.75 Å². The minimum atomic E-state index is -0.735. The highest BCUT2D eigenvalue weighted by molar-refractivity contribution is 6.15. The van der Waals surface area contributed by atoms with Gasteiger partial charge in [0.15, 0.2) is 6.61 Å². The molecule has 38 heavy (non-hydrogen) atoms. The SMILES string of the molecule is C=C(NC(=O)C(=C)n1cnc2c(-c3ccc4c(c3)OCC(=O)N4C)cccc2c1=O)C(=O)N(CC)CCC. The van der Waals surface area contributed by atoms with Crippen molar-refractivity contribution in [1.82, 2.24) is 19.8 Å². The zero-order valence-electron chi connectivity index (χ0n) is 21.6. The number of anilines is 1. The van der Waals surface area contributed by atoms with Gasteiger partial charge < -0.3 is 19.9 Å². The lowest BCUT2D eigenvalue weighted by Crippen LogP contribution is -2.39. The van der Waals surface area contributed by atoms with Gasteiger partial charge in [0.2, 0.25) is 0 Å². The number of para-hydroxylation sites is 1. The third-order valence-corrected chi connectivity index (χ3v) is 6.38. The zero-order chi connectivity index (χ0) is 27.6. The van der Waals surface area contributed by atoms with E-state index in [0.717, 1.165) is 16.6 Å². The molecule has 0 saturated heterocycles. The number of amides is 3. The lowest BCUT2D eigenvalue weighted by molar-refractivity contribution is -0.128. The quantitative estimate of drug-likeness (QED) is 0.462. The van der Waals surface area contributed by atoms with Crippen molar-refractivity contribution in [2.24, 2.45) is 0 Å². The summed E-state index contributed by atoms with van der Waals surface area (Å²) in [5, 5.41) is 2.72. The summed E-state index contributed by atoms with van der Waals surface area (Å²) in [5.74, 6) is -0.719. The second-order valence-electron chi connectivity index (χ2n) is 8.81. The van der Waals surface area contributed by atoms with Gasteiger partial charge in [0, 0.05) is 25.7 Å². The summed E-state index contributed by atoms with van der Waals surface area (Å²) in [6, 6.07) is 10.6. The smallest absolute Gasteiger partial charge is 0.272 e. The first-order valence-electron chi connectivity index (χ1n) is 12.2. The van der Waals surface area contributed by atoms with E-state index in [0.29, 0.717) is 35.6 Å². The number of benzene rings is 2. The molecule has 0 spiro atoms. The summed E-state index contributed by atoms with van der Waals surface area (Å²) in [5.41, 5.74) is 1.73. The van der Waals surface area contributed by atoms with Crippen LogP contribution in [0.25, 0.3) is 27.7 Å². The van der Waals surface area contributed by atoms with Gasteiger partial charge >= 0.3 is 0 Å². The third-order valence-electron chi connectivity index (χ3n) is 6.38. The maximum Gasteiger partial charge on any atom is 0.272 e. The van der Waals surface area contributed by atoms with E-state index in [1.807, 2.05) is 26.0 Å². The van der Waals surface area contributed by atoms with E-state index in [9.17, 15) is 19.2 Å². The van der Waals surface area contributed by atoms with Crippen LogP contribution in [0.1, 0.15) is 20.3 Å². The number of rotatable bonds is 8. The van der Waals surface area contributed by atoms with Gasteiger partial charge in [0.1, 0.15) is 17.8 Å². The van der Waals surface area contributed by atoms with Gasteiger partial charge in [0.25, 0.3) is 23.3 Å². The first-order valence-corrected chi connectivity index (χ1v) is 12.2. The molecule has 0 unspecified atom stereocenters. The van der Waals surface area contributed by atoms with E-state index in [-0.39, 0.29) is 29.3 Å². The second-order valence-corrected chi connectivity index (χ2v) is 8.81. The number of hydrogen-bond donors (Lipinski definition) is 1. The molecule has 196 valence electrons. The highest BCUT2D eigenvalue weighted by Gasteiger charge is 2.23. The minimum Gasteiger partial charge on any atom is -0.482 e. The van der Waals surface area contributed by atoms with Crippen molar-refractivity contribution in [3.63, 3.8) is 0 Å². The molecule has 3 aromatic rings. The van der Waals surface area contributed by atoms with Gasteiger partial charge in [0.05, 0.1) is 22.3 Å². The maximum absolute atomic E-state index is 13.3. The van der Waals surface area contributed by atoms with Gasteiger partial charge in [-0.3, -0.25) is 23.7 Å². The average Bonchev–Trinajstić information content (AvgIpc) is 2.92. The number of carbonyl (C=O) groups excluding carboxylic acids is 3. The molecular formula is C28H29N5O5. The van der Waals surface area contributed by atoms with Gasteiger partial charge in [-0.2, -0.15) is 0 Å². The van der Waals surface area contributed by atoms with E-state index < -0.39 is 17.4 Å². The minimum absolute atomic E-state index is 0.0529. The molecule has 0 atom stereocenters. The molecule has 0 bridgehead atoms. The van der Waals surface area contributed by atoms with E-state index in [4.69, 9.17) is 4.74 Å². The standard InChI is InChI=1S/C28H29N5O5/c1-6-13-32(7-2)27(36)17(3)30-26(35)18(4)33-16-29-25-20(9-8-10-21(25)28(33)37)19-11-12-22-23(14-19)38-15-24(34)31(22)5/h8-12,14,16H,3-4,6-7,13,15H2,1-2,5H3,(H,30,35). The Kier molecular flexibility index (Phi) is 7.43. The van der Waals surface area contributed by atoms with E-state index in [2.05, 4.69) is 23.5 Å². The summed E-state index contributed by atoms with van der Waals surface area (Å²) in [7, 11) is 1.69. The number of nitrogens with zero attached hydrogens (tertiary/aromatic N) is 4. The molecule has 10 heteroatoms. The van der Waals surface area contributed by atoms with Crippen LogP contribution in [-0.4, -0.2) is 58.9 Å². The van der Waals surface area contributed by atoms with Crippen LogP contribution >= 0.6 is 0 Å². The number of fused-ring (bicyclic) bond motifs is 2. The van der Waals surface area contributed by atoms with Gasteiger partial charge in [-0.1, -0.05) is 38.3 Å². The van der Waals surface area contributed by atoms with Crippen LogP contribution in [0.4, 0.5) is 5.69 Å². The molecule has 2 heterocycles. The molecule has 3 amide bonds. The average molecular weight is 516 g/mol. The molecule has 0 aliphatic carbocycles. The highest BCUT2D eigenvalue weighted by atomic mass is 16.5.